The number of carbonyl (C=O) groups is 1. The summed E-state index contributed by atoms with van der Waals surface area (Å²) in [5.41, 5.74) is 0. The van der Waals surface area contributed by atoms with Crippen molar-refractivity contribution in [2.75, 3.05) is 12.9 Å². The molecule has 1 rings (SSSR count). The highest BCUT2D eigenvalue weighted by Gasteiger charge is 2.39. The van der Waals surface area contributed by atoms with E-state index in [1.807, 2.05) is 6.92 Å². The van der Waals surface area contributed by atoms with Gasteiger partial charge in [-0.25, -0.2) is 0 Å². The first-order valence-electron chi connectivity index (χ1n) is 5.27. The van der Waals surface area contributed by atoms with Crippen LogP contribution in [0.1, 0.15) is 20.8 Å². The van der Waals surface area contributed by atoms with Crippen LogP contribution in [-0.4, -0.2) is 52.8 Å². The number of thioether (sulfide) groups is 1. The molecule has 94 valence electrons. The van der Waals surface area contributed by atoms with E-state index in [4.69, 9.17) is 9.47 Å². The summed E-state index contributed by atoms with van der Waals surface area (Å²) >= 11 is 1.63. The number of hydrogen-bond donors (Lipinski definition) is 1. The lowest BCUT2D eigenvalue weighted by atomic mass is 10.2. The van der Waals surface area contributed by atoms with Gasteiger partial charge in [-0.05, 0) is 20.8 Å². The molecule has 0 spiro atoms. The Labute approximate surface area is 100 Å². The van der Waals surface area contributed by atoms with Crippen LogP contribution in [0.5, 0.6) is 0 Å². The van der Waals surface area contributed by atoms with Gasteiger partial charge in [0.05, 0.1) is 5.37 Å². The summed E-state index contributed by atoms with van der Waals surface area (Å²) in [5, 5.41) is 9.73. The molecule has 0 saturated carbocycles. The third kappa shape index (κ3) is 3.10. The maximum atomic E-state index is 11.8. The van der Waals surface area contributed by atoms with E-state index in [1.165, 1.54) is 7.11 Å². The maximum Gasteiger partial charge on any atom is 0.326 e. The number of esters is 1. The zero-order valence-electron chi connectivity index (χ0n) is 10.0. The first kappa shape index (κ1) is 13.8. The Bertz CT molecular complexity index is 249. The monoisotopic (exact) mass is 249 g/mol. The van der Waals surface area contributed by atoms with Gasteiger partial charge in [-0.2, -0.15) is 0 Å². The lowest BCUT2D eigenvalue weighted by molar-refractivity contribution is -0.178. The molecule has 4 unspecified atom stereocenters. The Kier molecular flexibility index (Phi) is 5.04. The van der Waals surface area contributed by atoms with Gasteiger partial charge in [-0.3, -0.25) is 9.69 Å². The fourth-order valence-electron chi connectivity index (χ4n) is 1.70. The fraction of sp³-hybridized carbons (Fsp3) is 0.900. The largest absolute Gasteiger partial charge is 0.435 e. The van der Waals surface area contributed by atoms with E-state index in [-0.39, 0.29) is 11.3 Å². The molecule has 0 radical (unpaired) electrons. The summed E-state index contributed by atoms with van der Waals surface area (Å²) in [6.07, 6.45) is -1.20. The van der Waals surface area contributed by atoms with E-state index in [2.05, 4.69) is 0 Å². The molecule has 6 heteroatoms. The van der Waals surface area contributed by atoms with Gasteiger partial charge >= 0.3 is 5.97 Å². The van der Waals surface area contributed by atoms with Crippen LogP contribution in [0.25, 0.3) is 0 Å². The predicted molar refractivity (Wildman–Crippen MR) is 61.8 cm³/mol. The minimum Gasteiger partial charge on any atom is -0.435 e. The van der Waals surface area contributed by atoms with Crippen molar-refractivity contribution in [1.29, 1.82) is 0 Å². The minimum atomic E-state index is -0.652. The van der Waals surface area contributed by atoms with Crippen molar-refractivity contribution in [2.45, 2.75) is 44.7 Å². The molecule has 1 aliphatic rings. The van der Waals surface area contributed by atoms with Crippen molar-refractivity contribution in [3.8, 4) is 0 Å². The van der Waals surface area contributed by atoms with E-state index in [9.17, 15) is 9.90 Å². The first-order chi connectivity index (χ1) is 7.47. The number of rotatable bonds is 4. The Morgan fingerprint density at radius 2 is 2.19 bits per heavy atom. The molecular formula is C10H19NO4S. The van der Waals surface area contributed by atoms with Gasteiger partial charge in [0, 0.05) is 12.9 Å². The predicted octanol–water partition coefficient (Wildman–Crippen LogP) is 0.624. The van der Waals surface area contributed by atoms with Crippen LogP contribution in [0.3, 0.4) is 0 Å². The summed E-state index contributed by atoms with van der Waals surface area (Å²) in [6.45, 7) is 5.28. The van der Waals surface area contributed by atoms with Gasteiger partial charge in [-0.1, -0.05) is 0 Å². The Morgan fingerprint density at radius 3 is 2.69 bits per heavy atom. The smallest absolute Gasteiger partial charge is 0.326 e. The van der Waals surface area contributed by atoms with Crippen molar-refractivity contribution in [3.63, 3.8) is 0 Å². The lowest BCUT2D eigenvalue weighted by Gasteiger charge is -2.29. The summed E-state index contributed by atoms with van der Waals surface area (Å²) < 4.78 is 9.96. The molecule has 0 aromatic heterocycles. The summed E-state index contributed by atoms with van der Waals surface area (Å²) in [7, 11) is 1.48. The van der Waals surface area contributed by atoms with Crippen LogP contribution in [0, 0.1) is 0 Å². The fourth-order valence-corrected chi connectivity index (χ4v) is 2.96. The maximum absolute atomic E-state index is 11.8. The van der Waals surface area contributed by atoms with Crippen LogP contribution in [0.4, 0.5) is 0 Å². The molecule has 0 bridgehead atoms. The van der Waals surface area contributed by atoms with E-state index < -0.39 is 18.6 Å². The van der Waals surface area contributed by atoms with E-state index >= 15 is 0 Å². The summed E-state index contributed by atoms with van der Waals surface area (Å²) in [6, 6.07) is -0.391. The van der Waals surface area contributed by atoms with Crippen LogP contribution in [0.2, 0.25) is 0 Å². The second kappa shape index (κ2) is 5.86. The molecular weight excluding hydrogens is 230 g/mol. The molecule has 1 heterocycles. The molecule has 0 aromatic carbocycles. The summed E-state index contributed by atoms with van der Waals surface area (Å²) in [5.74, 6) is 0.300. The number of aliphatic hydroxyl groups excluding tert-OH is 1. The Balaban J connectivity index is 2.61. The Morgan fingerprint density at radius 1 is 1.56 bits per heavy atom. The molecule has 1 N–H and O–H groups in total. The van der Waals surface area contributed by atoms with Crippen molar-refractivity contribution in [2.24, 2.45) is 0 Å². The van der Waals surface area contributed by atoms with E-state index in [1.54, 1.807) is 30.5 Å². The van der Waals surface area contributed by atoms with Crippen molar-refractivity contribution in [3.05, 3.63) is 0 Å². The number of methoxy groups -OCH3 is 1. The molecule has 0 amide bonds. The molecule has 0 aromatic rings. The highest BCUT2D eigenvalue weighted by Crippen LogP contribution is 2.30. The highest BCUT2D eigenvalue weighted by atomic mass is 32.2. The summed E-state index contributed by atoms with van der Waals surface area (Å²) in [4.78, 5) is 13.6. The number of carbonyl (C=O) groups excluding carboxylic acids is 1. The van der Waals surface area contributed by atoms with Crippen molar-refractivity contribution in [1.82, 2.24) is 4.90 Å². The van der Waals surface area contributed by atoms with Crippen LogP contribution >= 0.6 is 11.8 Å². The third-order valence-corrected chi connectivity index (χ3v) is 3.83. The van der Waals surface area contributed by atoms with Gasteiger partial charge in [-0.15, -0.1) is 11.8 Å². The van der Waals surface area contributed by atoms with Crippen LogP contribution in [-0.2, 0) is 14.3 Å². The minimum absolute atomic E-state index is 0.121. The Hall–Kier alpha value is -0.300. The topological polar surface area (TPSA) is 59.0 Å². The number of hydrogen-bond acceptors (Lipinski definition) is 6. The molecule has 1 saturated heterocycles. The zero-order chi connectivity index (χ0) is 12.3. The first-order valence-corrected chi connectivity index (χ1v) is 6.32. The number of aliphatic hydroxyl groups is 1. The quantitative estimate of drug-likeness (QED) is 0.582. The van der Waals surface area contributed by atoms with Gasteiger partial charge in [0.2, 0.25) is 0 Å². The molecule has 1 fully saturated rings. The molecule has 4 atom stereocenters. The second-order valence-electron chi connectivity index (χ2n) is 3.77. The highest BCUT2D eigenvalue weighted by molar-refractivity contribution is 8.00. The lowest BCUT2D eigenvalue weighted by Crippen LogP contribution is -2.47. The molecule has 1 aliphatic heterocycles. The van der Waals surface area contributed by atoms with E-state index in [0.29, 0.717) is 5.75 Å². The molecule has 0 aliphatic carbocycles. The molecule has 16 heavy (non-hydrogen) atoms. The molecule has 5 nitrogen and oxygen atoms in total. The standard InChI is InChI=1S/C10H19NO4S/c1-6(12)11-7(2)16-5-9(11)10(13)15-8(3)14-4/h6-9,12H,5H2,1-4H3. The number of nitrogens with zero attached hydrogens (tertiary/aromatic N) is 1. The third-order valence-electron chi connectivity index (χ3n) is 2.59. The van der Waals surface area contributed by atoms with Gasteiger partial charge in [0.15, 0.2) is 6.29 Å². The second-order valence-corrected chi connectivity index (χ2v) is 5.12. The SMILES string of the molecule is COC(C)OC(=O)C1CSC(C)N1C(C)O. The van der Waals surface area contributed by atoms with Crippen LogP contribution in [0.15, 0.2) is 0 Å². The zero-order valence-corrected chi connectivity index (χ0v) is 10.9. The number of ether oxygens (including phenoxy) is 2. The van der Waals surface area contributed by atoms with Gasteiger partial charge in [0.25, 0.3) is 0 Å². The van der Waals surface area contributed by atoms with Crippen molar-refractivity contribution < 1.29 is 19.4 Å². The average Bonchev–Trinajstić information content (AvgIpc) is 2.59. The average molecular weight is 249 g/mol. The van der Waals surface area contributed by atoms with E-state index in [0.717, 1.165) is 0 Å². The van der Waals surface area contributed by atoms with Gasteiger partial charge < -0.3 is 14.6 Å². The van der Waals surface area contributed by atoms with Gasteiger partial charge in [0.1, 0.15) is 12.3 Å². The normalized spacial score (nSPS) is 30.1. The van der Waals surface area contributed by atoms with Crippen LogP contribution < -0.4 is 0 Å². The van der Waals surface area contributed by atoms with Crippen molar-refractivity contribution >= 4 is 17.7 Å².